The van der Waals surface area contributed by atoms with E-state index in [1.807, 2.05) is 6.07 Å². The number of aliphatic hydroxyl groups is 1. The minimum Gasteiger partial charge on any atom is -0.396 e. The number of rotatable bonds is 7. The first-order valence-electron chi connectivity index (χ1n) is 6.74. The second-order valence-electron chi connectivity index (χ2n) is 5.33. The molecule has 0 bridgehead atoms. The van der Waals surface area contributed by atoms with Gasteiger partial charge in [0, 0.05) is 12.6 Å². The lowest BCUT2D eigenvalue weighted by Crippen LogP contribution is -2.54. The molecule has 3 nitrogen and oxygen atoms in total. The first-order chi connectivity index (χ1) is 8.78. The second-order valence-corrected chi connectivity index (χ2v) is 5.33. The molecule has 2 rings (SSSR count). The van der Waals surface area contributed by atoms with Crippen molar-refractivity contribution in [3.8, 4) is 0 Å². The number of hydrogen-bond acceptors (Lipinski definition) is 3. The molecule has 100 valence electrons. The van der Waals surface area contributed by atoms with Gasteiger partial charge in [0.05, 0.1) is 25.2 Å². The lowest BCUT2D eigenvalue weighted by Gasteiger charge is -2.41. The summed E-state index contributed by atoms with van der Waals surface area (Å²) in [6.07, 6.45) is 2.14. The number of ether oxygens (including phenoxy) is 1. The van der Waals surface area contributed by atoms with E-state index in [4.69, 9.17) is 4.74 Å². The molecule has 1 fully saturated rings. The standard InChI is InChI=1S/C15H23NO2/c1-2-14(8-13-6-4-3-5-7-13)16-9-15(10-17)11-18-12-15/h3-7,14,16-17H,2,8-12H2,1H3. The van der Waals surface area contributed by atoms with Gasteiger partial charge in [-0.3, -0.25) is 0 Å². The van der Waals surface area contributed by atoms with Gasteiger partial charge in [0.2, 0.25) is 0 Å². The van der Waals surface area contributed by atoms with E-state index in [1.165, 1.54) is 5.56 Å². The van der Waals surface area contributed by atoms with Crippen LogP contribution in [0, 0.1) is 5.41 Å². The zero-order chi connectivity index (χ0) is 12.8. The monoisotopic (exact) mass is 249 g/mol. The lowest BCUT2D eigenvalue weighted by molar-refractivity contribution is -0.135. The van der Waals surface area contributed by atoms with E-state index < -0.39 is 0 Å². The third-order valence-corrected chi connectivity index (χ3v) is 3.74. The predicted molar refractivity (Wildman–Crippen MR) is 72.6 cm³/mol. The van der Waals surface area contributed by atoms with Gasteiger partial charge in [-0.25, -0.2) is 0 Å². The summed E-state index contributed by atoms with van der Waals surface area (Å²) in [6, 6.07) is 11.0. The molecule has 1 saturated heterocycles. The SMILES string of the molecule is CCC(Cc1ccccc1)NCC1(CO)COC1. The van der Waals surface area contributed by atoms with E-state index in [2.05, 4.69) is 36.5 Å². The van der Waals surface area contributed by atoms with Crippen molar-refractivity contribution in [3.05, 3.63) is 35.9 Å². The summed E-state index contributed by atoms with van der Waals surface area (Å²) in [4.78, 5) is 0. The predicted octanol–water partition coefficient (Wildman–Crippen LogP) is 1.61. The van der Waals surface area contributed by atoms with Crippen LogP contribution < -0.4 is 5.32 Å². The highest BCUT2D eigenvalue weighted by molar-refractivity contribution is 5.15. The van der Waals surface area contributed by atoms with Crippen LogP contribution in [0.15, 0.2) is 30.3 Å². The van der Waals surface area contributed by atoms with Crippen LogP contribution in [-0.4, -0.2) is 37.5 Å². The van der Waals surface area contributed by atoms with E-state index in [1.54, 1.807) is 0 Å². The van der Waals surface area contributed by atoms with Crippen molar-refractivity contribution in [1.29, 1.82) is 0 Å². The van der Waals surface area contributed by atoms with Crippen molar-refractivity contribution >= 4 is 0 Å². The fraction of sp³-hybridized carbons (Fsp3) is 0.600. The van der Waals surface area contributed by atoms with E-state index >= 15 is 0 Å². The van der Waals surface area contributed by atoms with Gasteiger partial charge in [-0.1, -0.05) is 37.3 Å². The molecular weight excluding hydrogens is 226 g/mol. The Labute approximate surface area is 109 Å². The molecule has 1 aliphatic rings. The summed E-state index contributed by atoms with van der Waals surface area (Å²) in [6.45, 7) is 4.61. The molecule has 1 aromatic carbocycles. The fourth-order valence-corrected chi connectivity index (χ4v) is 2.26. The third-order valence-electron chi connectivity index (χ3n) is 3.74. The quantitative estimate of drug-likeness (QED) is 0.771. The van der Waals surface area contributed by atoms with Crippen molar-refractivity contribution < 1.29 is 9.84 Å². The molecule has 18 heavy (non-hydrogen) atoms. The van der Waals surface area contributed by atoms with Crippen molar-refractivity contribution in [2.75, 3.05) is 26.4 Å². The molecule has 1 aromatic rings. The Hall–Kier alpha value is -0.900. The Balaban J connectivity index is 1.82. The number of benzene rings is 1. The Morgan fingerprint density at radius 3 is 2.56 bits per heavy atom. The summed E-state index contributed by atoms with van der Waals surface area (Å²) < 4.78 is 5.21. The Morgan fingerprint density at radius 1 is 1.33 bits per heavy atom. The first-order valence-corrected chi connectivity index (χ1v) is 6.74. The molecular formula is C15H23NO2. The van der Waals surface area contributed by atoms with Gasteiger partial charge in [0.25, 0.3) is 0 Å². The van der Waals surface area contributed by atoms with E-state index in [9.17, 15) is 5.11 Å². The number of aliphatic hydroxyl groups excluding tert-OH is 1. The van der Waals surface area contributed by atoms with Gasteiger partial charge >= 0.3 is 0 Å². The molecule has 1 unspecified atom stereocenters. The third kappa shape index (κ3) is 3.31. The topological polar surface area (TPSA) is 41.5 Å². The summed E-state index contributed by atoms with van der Waals surface area (Å²) in [5, 5.41) is 13.0. The average molecular weight is 249 g/mol. The minimum atomic E-state index is -0.0376. The number of nitrogens with one attached hydrogen (secondary N) is 1. The van der Waals surface area contributed by atoms with Crippen LogP contribution in [-0.2, 0) is 11.2 Å². The minimum absolute atomic E-state index is 0.0376. The Bertz CT molecular complexity index is 343. The summed E-state index contributed by atoms with van der Waals surface area (Å²) in [7, 11) is 0. The Kier molecular flexibility index (Phi) is 4.75. The molecule has 1 aliphatic heterocycles. The molecule has 0 radical (unpaired) electrons. The highest BCUT2D eigenvalue weighted by Crippen LogP contribution is 2.26. The van der Waals surface area contributed by atoms with Gasteiger partial charge in [0.1, 0.15) is 0 Å². The maximum atomic E-state index is 9.39. The summed E-state index contributed by atoms with van der Waals surface area (Å²) in [5.41, 5.74) is 1.32. The van der Waals surface area contributed by atoms with Crippen molar-refractivity contribution in [2.45, 2.75) is 25.8 Å². The molecule has 1 heterocycles. The van der Waals surface area contributed by atoms with Gasteiger partial charge in [-0.2, -0.15) is 0 Å². The van der Waals surface area contributed by atoms with Crippen LogP contribution in [0.2, 0.25) is 0 Å². The highest BCUT2D eigenvalue weighted by atomic mass is 16.5. The van der Waals surface area contributed by atoms with Gasteiger partial charge in [0.15, 0.2) is 0 Å². The molecule has 0 amide bonds. The van der Waals surface area contributed by atoms with Gasteiger partial charge in [-0.15, -0.1) is 0 Å². The lowest BCUT2D eigenvalue weighted by atomic mass is 9.86. The van der Waals surface area contributed by atoms with Crippen LogP contribution in [0.4, 0.5) is 0 Å². The van der Waals surface area contributed by atoms with E-state index in [0.717, 1.165) is 19.4 Å². The molecule has 1 atom stereocenters. The van der Waals surface area contributed by atoms with Crippen LogP contribution >= 0.6 is 0 Å². The van der Waals surface area contributed by atoms with Crippen molar-refractivity contribution in [3.63, 3.8) is 0 Å². The average Bonchev–Trinajstić information content (AvgIpc) is 2.37. The highest BCUT2D eigenvalue weighted by Gasteiger charge is 2.38. The smallest absolute Gasteiger partial charge is 0.0579 e. The van der Waals surface area contributed by atoms with E-state index in [-0.39, 0.29) is 12.0 Å². The maximum Gasteiger partial charge on any atom is 0.0579 e. The van der Waals surface area contributed by atoms with Crippen LogP contribution in [0.25, 0.3) is 0 Å². The van der Waals surface area contributed by atoms with Gasteiger partial charge < -0.3 is 15.2 Å². The number of hydrogen-bond donors (Lipinski definition) is 2. The zero-order valence-electron chi connectivity index (χ0n) is 11.1. The van der Waals surface area contributed by atoms with Crippen LogP contribution in [0.5, 0.6) is 0 Å². The molecule has 0 spiro atoms. The van der Waals surface area contributed by atoms with Crippen LogP contribution in [0.1, 0.15) is 18.9 Å². The molecule has 0 saturated carbocycles. The molecule has 3 heteroatoms. The molecule has 0 aromatic heterocycles. The normalized spacial score (nSPS) is 19.2. The van der Waals surface area contributed by atoms with Crippen molar-refractivity contribution in [1.82, 2.24) is 5.32 Å². The first kappa shape index (κ1) is 13.5. The summed E-state index contributed by atoms with van der Waals surface area (Å²) >= 11 is 0. The molecule has 0 aliphatic carbocycles. The fourth-order valence-electron chi connectivity index (χ4n) is 2.26. The Morgan fingerprint density at radius 2 is 2.06 bits per heavy atom. The maximum absolute atomic E-state index is 9.39. The second kappa shape index (κ2) is 6.32. The van der Waals surface area contributed by atoms with E-state index in [0.29, 0.717) is 19.3 Å². The summed E-state index contributed by atoms with van der Waals surface area (Å²) in [5.74, 6) is 0. The molecule has 2 N–H and O–H groups in total. The largest absolute Gasteiger partial charge is 0.396 e. The van der Waals surface area contributed by atoms with Crippen molar-refractivity contribution in [2.24, 2.45) is 5.41 Å². The van der Waals surface area contributed by atoms with Crippen LogP contribution in [0.3, 0.4) is 0 Å². The zero-order valence-corrected chi connectivity index (χ0v) is 11.1. The van der Waals surface area contributed by atoms with Gasteiger partial charge in [-0.05, 0) is 18.4 Å².